The zero-order chi connectivity index (χ0) is 13.9. The maximum absolute atomic E-state index is 12.3. The molecule has 1 saturated heterocycles. The number of hydrogen-bond acceptors (Lipinski definition) is 3. The summed E-state index contributed by atoms with van der Waals surface area (Å²) in [6.45, 7) is 8.87. The van der Waals surface area contributed by atoms with Gasteiger partial charge in [0.2, 0.25) is 5.91 Å². The topological polar surface area (TPSA) is 35.6 Å². The number of carbonyl (C=O) groups is 1. The predicted molar refractivity (Wildman–Crippen MR) is 78.1 cm³/mol. The summed E-state index contributed by atoms with van der Waals surface area (Å²) in [6, 6.07) is 0.549. The lowest BCUT2D eigenvalue weighted by Crippen LogP contribution is -2.52. The van der Waals surface area contributed by atoms with Gasteiger partial charge in [0.25, 0.3) is 0 Å². The molecule has 0 bridgehead atoms. The van der Waals surface area contributed by atoms with Crippen LogP contribution in [0.25, 0.3) is 0 Å². The first kappa shape index (κ1) is 14.8. The Balaban J connectivity index is 1.88. The summed E-state index contributed by atoms with van der Waals surface area (Å²) in [5, 5.41) is 3.29. The zero-order valence-electron chi connectivity index (χ0n) is 12.7. The quantitative estimate of drug-likeness (QED) is 0.838. The van der Waals surface area contributed by atoms with Gasteiger partial charge in [-0.15, -0.1) is 0 Å². The molecule has 4 heteroatoms. The van der Waals surface area contributed by atoms with Crippen LogP contribution in [0.3, 0.4) is 0 Å². The van der Waals surface area contributed by atoms with Crippen molar-refractivity contribution in [1.29, 1.82) is 0 Å². The van der Waals surface area contributed by atoms with Gasteiger partial charge in [0, 0.05) is 32.2 Å². The SMILES string of the molecule is CN(CC(=O)N1CCNCC1)C1CCCCC1(C)C. The minimum atomic E-state index is 0.297. The molecule has 2 rings (SSSR count). The third kappa shape index (κ3) is 3.69. The van der Waals surface area contributed by atoms with Gasteiger partial charge in [0.05, 0.1) is 6.54 Å². The smallest absolute Gasteiger partial charge is 0.236 e. The van der Waals surface area contributed by atoms with Gasteiger partial charge in [-0.05, 0) is 25.3 Å². The number of likely N-dealkylation sites (N-methyl/N-ethyl adjacent to an activating group) is 1. The normalized spacial score (nSPS) is 27.6. The first-order valence-corrected chi connectivity index (χ1v) is 7.69. The molecule has 0 aromatic carbocycles. The van der Waals surface area contributed by atoms with Crippen LogP contribution < -0.4 is 5.32 Å². The number of nitrogens with one attached hydrogen (secondary N) is 1. The van der Waals surface area contributed by atoms with Crippen molar-refractivity contribution in [2.75, 3.05) is 39.8 Å². The van der Waals surface area contributed by atoms with Crippen LogP contribution >= 0.6 is 0 Å². The van der Waals surface area contributed by atoms with Crippen LogP contribution in [-0.4, -0.2) is 61.5 Å². The lowest BCUT2D eigenvalue weighted by molar-refractivity contribution is -0.134. The van der Waals surface area contributed by atoms with E-state index in [1.807, 2.05) is 4.90 Å². The molecule has 1 aliphatic carbocycles. The molecule has 2 aliphatic rings. The molecule has 110 valence electrons. The molecule has 1 atom stereocenters. The van der Waals surface area contributed by atoms with E-state index in [0.29, 0.717) is 23.9 Å². The number of piperazine rings is 1. The van der Waals surface area contributed by atoms with Crippen molar-refractivity contribution in [1.82, 2.24) is 15.1 Å². The van der Waals surface area contributed by atoms with E-state index >= 15 is 0 Å². The van der Waals surface area contributed by atoms with E-state index in [4.69, 9.17) is 0 Å². The number of carbonyl (C=O) groups excluding carboxylic acids is 1. The van der Waals surface area contributed by atoms with Gasteiger partial charge < -0.3 is 10.2 Å². The molecule has 1 saturated carbocycles. The van der Waals surface area contributed by atoms with Crippen molar-refractivity contribution in [3.63, 3.8) is 0 Å². The molecule has 1 aliphatic heterocycles. The molecule has 2 fully saturated rings. The summed E-state index contributed by atoms with van der Waals surface area (Å²) in [7, 11) is 2.12. The minimum Gasteiger partial charge on any atom is -0.339 e. The second-order valence-electron chi connectivity index (χ2n) is 6.80. The molecule has 0 radical (unpaired) electrons. The maximum atomic E-state index is 12.3. The maximum Gasteiger partial charge on any atom is 0.236 e. The summed E-state index contributed by atoms with van der Waals surface area (Å²) < 4.78 is 0. The third-order valence-electron chi connectivity index (χ3n) is 4.84. The van der Waals surface area contributed by atoms with E-state index in [0.717, 1.165) is 26.2 Å². The van der Waals surface area contributed by atoms with E-state index in [2.05, 4.69) is 31.1 Å². The second kappa shape index (κ2) is 6.23. The van der Waals surface area contributed by atoms with Crippen LogP contribution in [0.2, 0.25) is 0 Å². The Hall–Kier alpha value is -0.610. The Morgan fingerprint density at radius 3 is 2.63 bits per heavy atom. The standard InChI is InChI=1S/C15H29N3O/c1-15(2)7-5-4-6-13(15)17(3)12-14(19)18-10-8-16-9-11-18/h13,16H,4-12H2,1-3H3. The molecule has 19 heavy (non-hydrogen) atoms. The minimum absolute atomic E-state index is 0.297. The highest BCUT2D eigenvalue weighted by molar-refractivity contribution is 5.78. The Labute approximate surface area is 117 Å². The third-order valence-corrected chi connectivity index (χ3v) is 4.84. The van der Waals surface area contributed by atoms with Crippen molar-refractivity contribution in [3.8, 4) is 0 Å². The van der Waals surface area contributed by atoms with Gasteiger partial charge in [-0.3, -0.25) is 9.69 Å². The Morgan fingerprint density at radius 1 is 1.32 bits per heavy atom. The Morgan fingerprint density at radius 2 is 2.00 bits per heavy atom. The molecule has 0 spiro atoms. The number of rotatable bonds is 3. The second-order valence-corrected chi connectivity index (χ2v) is 6.80. The molecule has 0 aromatic heterocycles. The van der Waals surface area contributed by atoms with Crippen LogP contribution in [0.15, 0.2) is 0 Å². The zero-order valence-corrected chi connectivity index (χ0v) is 12.7. The molecular weight excluding hydrogens is 238 g/mol. The Kier molecular flexibility index (Phi) is 4.85. The van der Waals surface area contributed by atoms with E-state index in [1.165, 1.54) is 25.7 Å². The lowest BCUT2D eigenvalue weighted by atomic mass is 9.72. The van der Waals surface area contributed by atoms with Gasteiger partial charge in [0.1, 0.15) is 0 Å². The van der Waals surface area contributed by atoms with Crippen molar-refractivity contribution in [2.45, 2.75) is 45.6 Å². The fourth-order valence-corrected chi connectivity index (χ4v) is 3.63. The first-order chi connectivity index (χ1) is 9.00. The summed E-state index contributed by atoms with van der Waals surface area (Å²) in [5.74, 6) is 0.297. The van der Waals surface area contributed by atoms with Crippen LogP contribution in [0, 0.1) is 5.41 Å². The highest BCUT2D eigenvalue weighted by atomic mass is 16.2. The van der Waals surface area contributed by atoms with E-state index in [1.54, 1.807) is 0 Å². The van der Waals surface area contributed by atoms with Gasteiger partial charge in [-0.25, -0.2) is 0 Å². The average molecular weight is 267 g/mol. The lowest BCUT2D eigenvalue weighted by Gasteiger charge is -2.44. The van der Waals surface area contributed by atoms with Crippen LogP contribution in [0.4, 0.5) is 0 Å². The van der Waals surface area contributed by atoms with Gasteiger partial charge in [-0.2, -0.15) is 0 Å². The van der Waals surface area contributed by atoms with E-state index < -0.39 is 0 Å². The molecule has 0 aromatic rings. The van der Waals surface area contributed by atoms with Crippen molar-refractivity contribution in [2.24, 2.45) is 5.41 Å². The highest BCUT2D eigenvalue weighted by Crippen LogP contribution is 2.38. The first-order valence-electron chi connectivity index (χ1n) is 7.69. The van der Waals surface area contributed by atoms with Crippen molar-refractivity contribution in [3.05, 3.63) is 0 Å². The number of amides is 1. The molecule has 1 heterocycles. The van der Waals surface area contributed by atoms with E-state index in [-0.39, 0.29) is 0 Å². The van der Waals surface area contributed by atoms with Crippen LogP contribution in [-0.2, 0) is 4.79 Å². The fourth-order valence-electron chi connectivity index (χ4n) is 3.63. The summed E-state index contributed by atoms with van der Waals surface area (Å²) in [4.78, 5) is 16.6. The molecule has 4 nitrogen and oxygen atoms in total. The monoisotopic (exact) mass is 267 g/mol. The molecule has 1 amide bonds. The van der Waals surface area contributed by atoms with Crippen molar-refractivity contribution >= 4 is 5.91 Å². The van der Waals surface area contributed by atoms with Gasteiger partial charge in [0.15, 0.2) is 0 Å². The molecule has 1 unspecified atom stereocenters. The predicted octanol–water partition coefficient (Wildman–Crippen LogP) is 1.32. The van der Waals surface area contributed by atoms with Gasteiger partial charge in [-0.1, -0.05) is 26.7 Å². The van der Waals surface area contributed by atoms with Gasteiger partial charge >= 0.3 is 0 Å². The summed E-state index contributed by atoms with van der Waals surface area (Å²) >= 11 is 0. The Bertz CT molecular complexity index is 311. The van der Waals surface area contributed by atoms with Crippen molar-refractivity contribution < 1.29 is 4.79 Å². The summed E-state index contributed by atoms with van der Waals surface area (Å²) in [5.41, 5.74) is 0.344. The molecular formula is C15H29N3O. The van der Waals surface area contributed by atoms with E-state index in [9.17, 15) is 4.79 Å². The molecule has 1 N–H and O–H groups in total. The summed E-state index contributed by atoms with van der Waals surface area (Å²) in [6.07, 6.45) is 5.16. The number of nitrogens with zero attached hydrogens (tertiary/aromatic N) is 2. The largest absolute Gasteiger partial charge is 0.339 e. The highest BCUT2D eigenvalue weighted by Gasteiger charge is 2.35. The fraction of sp³-hybridized carbons (Fsp3) is 0.933. The van der Waals surface area contributed by atoms with Crippen LogP contribution in [0.5, 0.6) is 0 Å². The van der Waals surface area contributed by atoms with Crippen LogP contribution in [0.1, 0.15) is 39.5 Å². The number of hydrogen-bond donors (Lipinski definition) is 1. The average Bonchev–Trinajstić information content (AvgIpc) is 2.39.